The predicted molar refractivity (Wildman–Crippen MR) is 56.4 cm³/mol. The summed E-state index contributed by atoms with van der Waals surface area (Å²) in [5.74, 6) is -2.54. The smallest absolute Gasteiger partial charge is 0.339 e. The second-order valence-corrected chi connectivity index (χ2v) is 3.38. The molecule has 2 aromatic heterocycles. The average molecular weight is 237 g/mol. The Kier molecular flexibility index (Phi) is 2.51. The number of nitrogens with one attached hydrogen (secondary N) is 1. The summed E-state index contributed by atoms with van der Waals surface area (Å²) in [6.07, 6.45) is 2.43. The van der Waals surface area contributed by atoms with E-state index in [1.165, 1.54) is 19.2 Å². The van der Waals surface area contributed by atoms with Gasteiger partial charge in [0, 0.05) is 13.1 Å². The van der Waals surface area contributed by atoms with Crippen molar-refractivity contribution in [1.29, 1.82) is 0 Å². The molecule has 0 radical (unpaired) electrons. The quantitative estimate of drug-likeness (QED) is 0.820. The summed E-state index contributed by atoms with van der Waals surface area (Å²) < 4.78 is 15.0. The molecule has 2 rings (SSSR count). The number of amides is 1. The van der Waals surface area contributed by atoms with E-state index in [1.54, 1.807) is 0 Å². The summed E-state index contributed by atoms with van der Waals surface area (Å²) in [6, 6.07) is 1.31. The Bertz CT molecular complexity index is 621. The van der Waals surface area contributed by atoms with Gasteiger partial charge in [0.25, 0.3) is 0 Å². The van der Waals surface area contributed by atoms with Crippen LogP contribution in [-0.4, -0.2) is 26.6 Å². The van der Waals surface area contributed by atoms with Crippen molar-refractivity contribution in [2.24, 2.45) is 0 Å². The van der Waals surface area contributed by atoms with E-state index in [0.29, 0.717) is 0 Å². The van der Waals surface area contributed by atoms with Gasteiger partial charge in [0.1, 0.15) is 11.1 Å². The number of pyridine rings is 1. The molecule has 0 fully saturated rings. The number of anilines is 1. The molecule has 17 heavy (non-hydrogen) atoms. The van der Waals surface area contributed by atoms with E-state index in [-0.39, 0.29) is 16.8 Å². The Morgan fingerprint density at radius 1 is 1.53 bits per heavy atom. The lowest BCUT2D eigenvalue weighted by Gasteiger charge is -2.05. The average Bonchev–Trinajstić information content (AvgIpc) is 2.66. The van der Waals surface area contributed by atoms with Crippen molar-refractivity contribution in [1.82, 2.24) is 9.61 Å². The molecular formula is C10H8FN3O3. The van der Waals surface area contributed by atoms with Crippen molar-refractivity contribution < 1.29 is 19.1 Å². The molecular weight excluding hydrogens is 229 g/mol. The molecule has 0 bridgehead atoms. The molecule has 0 atom stereocenters. The summed E-state index contributed by atoms with van der Waals surface area (Å²) in [5.41, 5.74) is -0.508. The molecule has 88 valence electrons. The van der Waals surface area contributed by atoms with Crippen molar-refractivity contribution in [3.05, 3.63) is 29.8 Å². The summed E-state index contributed by atoms with van der Waals surface area (Å²) in [7, 11) is 0. The SMILES string of the molecule is CC(=O)Nc1ccn2ncc(C(=O)O)c2c1F. The Morgan fingerprint density at radius 2 is 2.24 bits per heavy atom. The normalized spacial score (nSPS) is 10.5. The highest BCUT2D eigenvalue weighted by molar-refractivity contribution is 5.97. The Labute approximate surface area is 94.7 Å². The molecule has 0 aromatic carbocycles. The highest BCUT2D eigenvalue weighted by Gasteiger charge is 2.18. The second kappa shape index (κ2) is 3.85. The minimum Gasteiger partial charge on any atom is -0.478 e. The first-order valence-electron chi connectivity index (χ1n) is 4.67. The summed E-state index contributed by atoms with van der Waals surface area (Å²) >= 11 is 0. The number of rotatable bonds is 2. The van der Waals surface area contributed by atoms with Gasteiger partial charge in [0.2, 0.25) is 5.91 Å². The van der Waals surface area contributed by atoms with Crippen molar-refractivity contribution >= 4 is 23.1 Å². The predicted octanol–water partition coefficient (Wildman–Crippen LogP) is 1.13. The molecule has 2 heterocycles. The number of carboxylic acids is 1. The van der Waals surface area contributed by atoms with E-state index in [1.807, 2.05) is 0 Å². The van der Waals surface area contributed by atoms with Crippen molar-refractivity contribution in [3.8, 4) is 0 Å². The first kappa shape index (κ1) is 11.1. The summed E-state index contributed by atoms with van der Waals surface area (Å²) in [4.78, 5) is 21.7. The first-order chi connectivity index (χ1) is 8.00. The van der Waals surface area contributed by atoms with Crippen LogP contribution in [-0.2, 0) is 4.79 Å². The van der Waals surface area contributed by atoms with Crippen LogP contribution in [0, 0.1) is 5.82 Å². The molecule has 0 saturated heterocycles. The van der Waals surface area contributed by atoms with Gasteiger partial charge in [0.05, 0.1) is 11.9 Å². The maximum atomic E-state index is 13.9. The molecule has 0 unspecified atom stereocenters. The molecule has 0 aliphatic rings. The zero-order valence-electron chi connectivity index (χ0n) is 8.77. The van der Waals surface area contributed by atoms with E-state index in [0.717, 1.165) is 10.7 Å². The van der Waals surface area contributed by atoms with Crippen LogP contribution in [0.3, 0.4) is 0 Å². The Morgan fingerprint density at radius 3 is 2.82 bits per heavy atom. The fraction of sp³-hybridized carbons (Fsp3) is 0.100. The largest absolute Gasteiger partial charge is 0.478 e. The molecule has 2 N–H and O–H groups in total. The zero-order chi connectivity index (χ0) is 12.6. The van der Waals surface area contributed by atoms with Crippen LogP contribution in [0.1, 0.15) is 17.3 Å². The number of hydrogen-bond acceptors (Lipinski definition) is 3. The highest BCUT2D eigenvalue weighted by Crippen LogP contribution is 2.22. The van der Waals surface area contributed by atoms with Gasteiger partial charge in [-0.2, -0.15) is 5.10 Å². The van der Waals surface area contributed by atoms with Crippen LogP contribution in [0.2, 0.25) is 0 Å². The number of halogens is 1. The van der Waals surface area contributed by atoms with Gasteiger partial charge in [-0.25, -0.2) is 13.7 Å². The third kappa shape index (κ3) is 1.82. The van der Waals surface area contributed by atoms with Crippen LogP contribution in [0.25, 0.3) is 5.52 Å². The third-order valence-corrected chi connectivity index (χ3v) is 2.16. The molecule has 0 aliphatic heterocycles. The number of hydrogen-bond donors (Lipinski definition) is 2. The maximum Gasteiger partial charge on any atom is 0.339 e. The topological polar surface area (TPSA) is 83.7 Å². The third-order valence-electron chi connectivity index (χ3n) is 2.16. The molecule has 0 saturated carbocycles. The maximum absolute atomic E-state index is 13.9. The van der Waals surface area contributed by atoms with Crippen LogP contribution in [0.15, 0.2) is 18.5 Å². The minimum atomic E-state index is -1.28. The van der Waals surface area contributed by atoms with Crippen LogP contribution < -0.4 is 5.32 Å². The van der Waals surface area contributed by atoms with E-state index in [2.05, 4.69) is 10.4 Å². The van der Waals surface area contributed by atoms with E-state index in [4.69, 9.17) is 5.11 Å². The monoisotopic (exact) mass is 237 g/mol. The van der Waals surface area contributed by atoms with Crippen molar-refractivity contribution in [2.75, 3.05) is 5.32 Å². The van der Waals surface area contributed by atoms with Gasteiger partial charge in [-0.15, -0.1) is 0 Å². The number of carboxylic acid groups (broad SMARTS) is 1. The number of carbonyl (C=O) groups excluding carboxylic acids is 1. The van der Waals surface area contributed by atoms with Gasteiger partial charge >= 0.3 is 5.97 Å². The first-order valence-corrected chi connectivity index (χ1v) is 4.67. The number of carbonyl (C=O) groups is 2. The molecule has 6 nitrogen and oxygen atoms in total. The van der Waals surface area contributed by atoms with E-state index >= 15 is 0 Å². The molecule has 0 spiro atoms. The van der Waals surface area contributed by atoms with Gasteiger partial charge in [0.15, 0.2) is 5.82 Å². The second-order valence-electron chi connectivity index (χ2n) is 3.38. The van der Waals surface area contributed by atoms with E-state index in [9.17, 15) is 14.0 Å². The van der Waals surface area contributed by atoms with Gasteiger partial charge in [-0.1, -0.05) is 0 Å². The molecule has 0 aliphatic carbocycles. The Balaban J connectivity index is 2.67. The van der Waals surface area contributed by atoms with Gasteiger partial charge < -0.3 is 10.4 Å². The molecule has 1 amide bonds. The Hall–Kier alpha value is -2.44. The molecule has 2 aromatic rings. The molecule has 7 heteroatoms. The minimum absolute atomic E-state index is 0.0759. The number of fused-ring (bicyclic) bond motifs is 1. The van der Waals surface area contributed by atoms with Crippen molar-refractivity contribution in [3.63, 3.8) is 0 Å². The number of aromatic carboxylic acids is 1. The standard InChI is InChI=1S/C10H8FN3O3/c1-5(15)13-7-2-3-14-9(8(7)11)6(4-12-14)10(16)17/h2-4H,1H3,(H,13,15)(H,16,17). The van der Waals surface area contributed by atoms with Crippen molar-refractivity contribution in [2.45, 2.75) is 6.92 Å². The van der Waals surface area contributed by atoms with Crippen LogP contribution in [0.4, 0.5) is 10.1 Å². The lowest BCUT2D eigenvalue weighted by molar-refractivity contribution is -0.114. The lowest BCUT2D eigenvalue weighted by atomic mass is 10.2. The fourth-order valence-corrected chi connectivity index (χ4v) is 1.48. The van der Waals surface area contributed by atoms with Crippen LogP contribution in [0.5, 0.6) is 0 Å². The number of aromatic nitrogens is 2. The van der Waals surface area contributed by atoms with Gasteiger partial charge in [-0.05, 0) is 6.07 Å². The summed E-state index contributed by atoms with van der Waals surface area (Å²) in [6.45, 7) is 1.23. The zero-order valence-corrected chi connectivity index (χ0v) is 8.77. The fourth-order valence-electron chi connectivity index (χ4n) is 1.48. The lowest BCUT2D eigenvalue weighted by Crippen LogP contribution is -2.09. The van der Waals surface area contributed by atoms with E-state index < -0.39 is 17.7 Å². The van der Waals surface area contributed by atoms with Crippen LogP contribution >= 0.6 is 0 Å². The highest BCUT2D eigenvalue weighted by atomic mass is 19.1. The van der Waals surface area contributed by atoms with Gasteiger partial charge in [-0.3, -0.25) is 4.79 Å². The number of nitrogens with zero attached hydrogens (tertiary/aromatic N) is 2. The summed E-state index contributed by atoms with van der Waals surface area (Å²) in [5, 5.41) is 14.8.